The molecular weight excluding hydrogens is 276 g/mol. The number of hydrogen-bond donors (Lipinski definition) is 1. The third kappa shape index (κ3) is 2.29. The zero-order valence-electron chi connectivity index (χ0n) is 10.4. The van der Waals surface area contributed by atoms with Crippen molar-refractivity contribution in [2.24, 2.45) is 5.10 Å². The largest absolute Gasteiger partial charge is 0.454 e. The van der Waals surface area contributed by atoms with Crippen LogP contribution in [0, 0.1) is 22.7 Å². The van der Waals surface area contributed by atoms with Crippen molar-refractivity contribution in [1.29, 1.82) is 10.5 Å². The fourth-order valence-electron chi connectivity index (χ4n) is 1.67. The van der Waals surface area contributed by atoms with E-state index in [4.69, 9.17) is 20.0 Å². The highest BCUT2D eigenvalue weighted by Gasteiger charge is 2.19. The summed E-state index contributed by atoms with van der Waals surface area (Å²) in [6, 6.07) is 6.59. The molecule has 10 heteroatoms. The molecule has 0 spiro atoms. The first kappa shape index (κ1) is 12.4. The molecule has 0 radical (unpaired) electrons. The van der Waals surface area contributed by atoms with Gasteiger partial charge in [-0.15, -0.1) is 5.10 Å². The van der Waals surface area contributed by atoms with Gasteiger partial charge in [-0.05, 0) is 10.4 Å². The average Bonchev–Trinajstić information content (AvgIpc) is 3.18. The van der Waals surface area contributed by atoms with Gasteiger partial charge >= 0.3 is 0 Å². The Balaban J connectivity index is 2.04. The molecule has 0 atom stereocenters. The van der Waals surface area contributed by atoms with Crippen LogP contribution in [0.1, 0.15) is 0 Å². The SMILES string of the molecule is N#CC(C#N)=NNc1cc2c(cc1-n1cnnn1)OCO2. The van der Waals surface area contributed by atoms with Gasteiger partial charge in [0.15, 0.2) is 11.5 Å². The quantitative estimate of drug-likeness (QED) is 0.623. The van der Waals surface area contributed by atoms with E-state index in [1.165, 1.54) is 11.0 Å². The predicted octanol–water partition coefficient (Wildman–Crippen LogP) is 0.206. The zero-order chi connectivity index (χ0) is 14.7. The lowest BCUT2D eigenvalue weighted by Gasteiger charge is -2.09. The minimum Gasteiger partial charge on any atom is -0.454 e. The molecule has 2 heterocycles. The van der Waals surface area contributed by atoms with E-state index in [1.807, 2.05) is 0 Å². The molecule has 1 aromatic carbocycles. The second kappa shape index (κ2) is 5.14. The fourth-order valence-corrected chi connectivity index (χ4v) is 1.67. The van der Waals surface area contributed by atoms with Gasteiger partial charge in [-0.1, -0.05) is 0 Å². The van der Waals surface area contributed by atoms with Crippen LogP contribution in [0.5, 0.6) is 11.5 Å². The van der Waals surface area contributed by atoms with Crippen LogP contribution in [0.2, 0.25) is 0 Å². The van der Waals surface area contributed by atoms with Gasteiger partial charge in [0.1, 0.15) is 18.5 Å². The van der Waals surface area contributed by atoms with E-state index in [0.29, 0.717) is 22.9 Å². The third-order valence-corrected chi connectivity index (χ3v) is 2.59. The molecule has 10 nitrogen and oxygen atoms in total. The molecule has 0 unspecified atom stereocenters. The van der Waals surface area contributed by atoms with Crippen LogP contribution in [-0.4, -0.2) is 32.7 Å². The Labute approximate surface area is 117 Å². The Bertz CT molecular complexity index is 768. The number of nitrogens with one attached hydrogen (secondary N) is 1. The molecule has 1 aromatic heterocycles. The summed E-state index contributed by atoms with van der Waals surface area (Å²) in [4.78, 5) is 0. The molecule has 1 aliphatic heterocycles. The van der Waals surface area contributed by atoms with E-state index in [0.717, 1.165) is 0 Å². The van der Waals surface area contributed by atoms with E-state index in [9.17, 15) is 0 Å². The van der Waals surface area contributed by atoms with Crippen molar-refractivity contribution >= 4 is 11.4 Å². The number of anilines is 1. The van der Waals surface area contributed by atoms with Gasteiger partial charge in [0.25, 0.3) is 0 Å². The van der Waals surface area contributed by atoms with Crippen molar-refractivity contribution in [1.82, 2.24) is 20.2 Å². The normalized spacial score (nSPS) is 11.3. The van der Waals surface area contributed by atoms with Gasteiger partial charge in [-0.3, -0.25) is 5.43 Å². The number of hydrazone groups is 1. The summed E-state index contributed by atoms with van der Waals surface area (Å²) in [5, 5.41) is 32.0. The monoisotopic (exact) mass is 282 g/mol. The lowest BCUT2D eigenvalue weighted by molar-refractivity contribution is 0.174. The van der Waals surface area contributed by atoms with Gasteiger partial charge in [0, 0.05) is 12.1 Å². The Morgan fingerprint density at radius 1 is 1.29 bits per heavy atom. The summed E-state index contributed by atoms with van der Waals surface area (Å²) >= 11 is 0. The Kier molecular flexibility index (Phi) is 3.03. The second-order valence-electron chi connectivity index (χ2n) is 3.77. The van der Waals surface area contributed by atoms with Crippen LogP contribution in [-0.2, 0) is 0 Å². The van der Waals surface area contributed by atoms with E-state index in [2.05, 4.69) is 26.1 Å². The first-order chi connectivity index (χ1) is 10.3. The standard InChI is InChI=1S/C11H6N8O2/c12-3-7(4-13)15-16-8-1-10-11(21-6-20-10)2-9(8)19-5-14-17-18-19/h1-2,5,16H,6H2. The highest BCUT2D eigenvalue weighted by atomic mass is 16.7. The van der Waals surface area contributed by atoms with Gasteiger partial charge in [0.05, 0.1) is 11.4 Å². The highest BCUT2D eigenvalue weighted by molar-refractivity contribution is 6.10. The molecule has 1 aliphatic rings. The summed E-state index contributed by atoms with van der Waals surface area (Å²) in [6.07, 6.45) is 1.39. The van der Waals surface area contributed by atoms with Crippen molar-refractivity contribution in [3.05, 3.63) is 18.5 Å². The summed E-state index contributed by atoms with van der Waals surface area (Å²) in [7, 11) is 0. The van der Waals surface area contributed by atoms with Crippen LogP contribution in [0.15, 0.2) is 23.6 Å². The van der Waals surface area contributed by atoms with Crippen LogP contribution >= 0.6 is 0 Å². The minimum atomic E-state index is -0.310. The van der Waals surface area contributed by atoms with Crippen molar-refractivity contribution < 1.29 is 9.47 Å². The number of rotatable bonds is 3. The molecule has 0 aliphatic carbocycles. The number of tetrazole rings is 1. The van der Waals surface area contributed by atoms with Crippen molar-refractivity contribution in [2.75, 3.05) is 12.2 Å². The molecule has 3 rings (SSSR count). The van der Waals surface area contributed by atoms with Crippen LogP contribution in [0.3, 0.4) is 0 Å². The number of benzene rings is 1. The molecule has 1 N–H and O–H groups in total. The molecule has 0 bridgehead atoms. The number of hydrogen-bond acceptors (Lipinski definition) is 9. The molecule has 102 valence electrons. The lowest BCUT2D eigenvalue weighted by Crippen LogP contribution is -2.03. The lowest BCUT2D eigenvalue weighted by atomic mass is 10.2. The van der Waals surface area contributed by atoms with Crippen LogP contribution in [0.25, 0.3) is 5.69 Å². The molecule has 0 fully saturated rings. The van der Waals surface area contributed by atoms with Crippen LogP contribution in [0.4, 0.5) is 5.69 Å². The molecule has 2 aromatic rings. The summed E-state index contributed by atoms with van der Waals surface area (Å²) in [5.41, 5.74) is 3.30. The van der Waals surface area contributed by atoms with Gasteiger partial charge in [-0.2, -0.15) is 20.3 Å². The molecule has 0 saturated heterocycles. The summed E-state index contributed by atoms with van der Waals surface area (Å²) in [6.45, 7) is 0.110. The number of nitrogens with zero attached hydrogens (tertiary/aromatic N) is 7. The molecule has 0 amide bonds. The van der Waals surface area contributed by atoms with Gasteiger partial charge in [-0.25, -0.2) is 0 Å². The summed E-state index contributed by atoms with van der Waals surface area (Å²) < 4.78 is 11.9. The number of fused-ring (bicyclic) bond motifs is 1. The Morgan fingerprint density at radius 3 is 2.71 bits per heavy atom. The summed E-state index contributed by atoms with van der Waals surface area (Å²) in [5.74, 6) is 1.05. The topological polar surface area (TPSA) is 134 Å². The molecular formula is C11H6N8O2. The second-order valence-corrected chi connectivity index (χ2v) is 3.77. The molecule has 21 heavy (non-hydrogen) atoms. The van der Waals surface area contributed by atoms with Crippen molar-refractivity contribution in [2.45, 2.75) is 0 Å². The van der Waals surface area contributed by atoms with Gasteiger partial charge < -0.3 is 9.47 Å². The first-order valence-corrected chi connectivity index (χ1v) is 5.62. The van der Waals surface area contributed by atoms with Crippen molar-refractivity contribution in [3.63, 3.8) is 0 Å². The Morgan fingerprint density at radius 2 is 2.05 bits per heavy atom. The van der Waals surface area contributed by atoms with Crippen LogP contribution < -0.4 is 14.9 Å². The van der Waals surface area contributed by atoms with Crippen molar-refractivity contribution in [3.8, 4) is 29.3 Å². The maximum Gasteiger partial charge on any atom is 0.237 e. The predicted molar refractivity (Wildman–Crippen MR) is 67.6 cm³/mol. The molecule has 0 saturated carbocycles. The average molecular weight is 282 g/mol. The highest BCUT2D eigenvalue weighted by Crippen LogP contribution is 2.38. The maximum absolute atomic E-state index is 8.69. The van der Waals surface area contributed by atoms with Gasteiger partial charge in [0.2, 0.25) is 12.5 Å². The third-order valence-electron chi connectivity index (χ3n) is 2.59. The van der Waals surface area contributed by atoms with E-state index < -0.39 is 0 Å². The number of aromatic nitrogens is 4. The van der Waals surface area contributed by atoms with E-state index >= 15 is 0 Å². The van der Waals surface area contributed by atoms with E-state index in [-0.39, 0.29) is 12.5 Å². The minimum absolute atomic E-state index is 0.110. The zero-order valence-corrected chi connectivity index (χ0v) is 10.4. The first-order valence-electron chi connectivity index (χ1n) is 5.62. The number of nitriles is 2. The smallest absolute Gasteiger partial charge is 0.237 e. The Hall–Kier alpha value is -3.66. The number of ether oxygens (including phenoxy) is 2. The fraction of sp³-hybridized carbons (Fsp3) is 0.0909. The maximum atomic E-state index is 8.69. The van der Waals surface area contributed by atoms with E-state index in [1.54, 1.807) is 24.3 Å².